The van der Waals surface area contributed by atoms with Gasteiger partial charge in [-0.05, 0) is 36.5 Å². The monoisotopic (exact) mass is 322 g/mol. The Morgan fingerprint density at radius 3 is 2.59 bits per heavy atom. The first kappa shape index (κ1) is 16.8. The fourth-order valence-corrected chi connectivity index (χ4v) is 2.89. The molecule has 5 heteroatoms. The van der Waals surface area contributed by atoms with E-state index < -0.39 is 0 Å². The molecule has 22 heavy (non-hydrogen) atoms. The van der Waals surface area contributed by atoms with Crippen molar-refractivity contribution in [3.8, 4) is 0 Å². The third-order valence-corrected chi connectivity index (χ3v) is 4.32. The molecule has 1 aliphatic rings. The lowest BCUT2D eigenvalue weighted by Crippen LogP contribution is -2.45. The first-order chi connectivity index (χ1) is 10.5. The Balaban J connectivity index is 1.97. The first-order valence-electron chi connectivity index (χ1n) is 7.73. The molecule has 0 saturated carbocycles. The summed E-state index contributed by atoms with van der Waals surface area (Å²) in [7, 11) is 0. The van der Waals surface area contributed by atoms with Gasteiger partial charge in [-0.15, -0.1) is 0 Å². The molecule has 1 saturated heterocycles. The highest BCUT2D eigenvalue weighted by atomic mass is 35.5. The number of likely N-dealkylation sites (tertiary alicyclic amines) is 1. The average molecular weight is 323 g/mol. The fourth-order valence-electron chi connectivity index (χ4n) is 2.77. The van der Waals surface area contributed by atoms with Gasteiger partial charge in [-0.25, -0.2) is 0 Å². The maximum Gasteiger partial charge on any atom is 0.242 e. The summed E-state index contributed by atoms with van der Waals surface area (Å²) >= 11 is 5.87. The van der Waals surface area contributed by atoms with Gasteiger partial charge < -0.3 is 9.80 Å². The van der Waals surface area contributed by atoms with Crippen LogP contribution in [0.5, 0.6) is 0 Å². The molecule has 0 N–H and O–H groups in total. The van der Waals surface area contributed by atoms with Gasteiger partial charge in [-0.2, -0.15) is 0 Å². The molecule has 1 aromatic carbocycles. The van der Waals surface area contributed by atoms with E-state index in [-0.39, 0.29) is 18.4 Å². The highest BCUT2D eigenvalue weighted by molar-refractivity contribution is 6.30. The van der Waals surface area contributed by atoms with Crippen LogP contribution in [0.3, 0.4) is 0 Å². The van der Waals surface area contributed by atoms with E-state index in [0.29, 0.717) is 17.5 Å². The van der Waals surface area contributed by atoms with E-state index in [2.05, 4.69) is 6.92 Å². The molecule has 1 unspecified atom stereocenters. The molecule has 0 radical (unpaired) electrons. The van der Waals surface area contributed by atoms with E-state index >= 15 is 0 Å². The highest BCUT2D eigenvalue weighted by Crippen LogP contribution is 2.16. The van der Waals surface area contributed by atoms with Crippen LogP contribution in [-0.4, -0.2) is 41.2 Å². The Bertz CT molecular complexity index is 530. The van der Waals surface area contributed by atoms with Crippen LogP contribution in [0.4, 0.5) is 0 Å². The second kappa shape index (κ2) is 7.63. The molecule has 0 aromatic heterocycles. The number of carbonyl (C=O) groups excluding carboxylic acids is 2. The van der Waals surface area contributed by atoms with Gasteiger partial charge in [0.05, 0.1) is 0 Å². The van der Waals surface area contributed by atoms with Gasteiger partial charge in [0.15, 0.2) is 0 Å². The van der Waals surface area contributed by atoms with E-state index in [1.807, 2.05) is 17.0 Å². The summed E-state index contributed by atoms with van der Waals surface area (Å²) in [5.74, 6) is 0.490. The number of piperidine rings is 1. The molecule has 1 atom stereocenters. The van der Waals surface area contributed by atoms with Crippen LogP contribution in [0.15, 0.2) is 24.3 Å². The maximum absolute atomic E-state index is 12.4. The smallest absolute Gasteiger partial charge is 0.242 e. The highest BCUT2D eigenvalue weighted by Gasteiger charge is 2.23. The second-order valence-corrected chi connectivity index (χ2v) is 6.53. The Hall–Kier alpha value is -1.55. The van der Waals surface area contributed by atoms with Crippen LogP contribution in [0.1, 0.15) is 32.3 Å². The van der Waals surface area contributed by atoms with Gasteiger partial charge in [-0.3, -0.25) is 9.59 Å². The minimum Gasteiger partial charge on any atom is -0.341 e. The van der Waals surface area contributed by atoms with E-state index in [9.17, 15) is 9.59 Å². The van der Waals surface area contributed by atoms with Crippen LogP contribution < -0.4 is 0 Å². The Morgan fingerprint density at radius 1 is 1.32 bits per heavy atom. The number of nitrogens with zero attached hydrogens (tertiary/aromatic N) is 2. The van der Waals surface area contributed by atoms with E-state index in [1.165, 1.54) is 13.3 Å². The van der Waals surface area contributed by atoms with Crippen molar-refractivity contribution in [3.05, 3.63) is 34.9 Å². The SMILES string of the molecule is CC(=O)N(CC(=O)N1CCCC(C)C1)Cc1ccc(Cl)cc1. The van der Waals surface area contributed by atoms with Crippen molar-refractivity contribution in [3.63, 3.8) is 0 Å². The number of halogens is 1. The standard InChI is InChI=1S/C17H23ClN2O2/c1-13-4-3-9-19(10-13)17(22)12-20(14(2)21)11-15-5-7-16(18)8-6-15/h5-8,13H,3-4,9-12H2,1-2H3. The number of benzene rings is 1. The normalized spacial score (nSPS) is 18.1. The van der Waals surface area contributed by atoms with Gasteiger partial charge >= 0.3 is 0 Å². The van der Waals surface area contributed by atoms with Crippen molar-refractivity contribution in [2.45, 2.75) is 33.2 Å². The van der Waals surface area contributed by atoms with Crippen molar-refractivity contribution >= 4 is 23.4 Å². The number of hydrogen-bond acceptors (Lipinski definition) is 2. The van der Waals surface area contributed by atoms with Crippen LogP contribution in [0.2, 0.25) is 5.02 Å². The van der Waals surface area contributed by atoms with Gasteiger partial charge in [0.25, 0.3) is 0 Å². The number of amides is 2. The zero-order valence-electron chi connectivity index (χ0n) is 13.2. The largest absolute Gasteiger partial charge is 0.341 e. The maximum atomic E-state index is 12.4. The molecule has 0 aliphatic carbocycles. The molecular weight excluding hydrogens is 300 g/mol. The minimum atomic E-state index is -0.0895. The van der Waals surface area contributed by atoms with Crippen molar-refractivity contribution in [2.24, 2.45) is 5.92 Å². The van der Waals surface area contributed by atoms with Crippen molar-refractivity contribution in [1.82, 2.24) is 9.80 Å². The Labute approximate surface area is 137 Å². The van der Waals surface area contributed by atoms with Gasteiger partial charge in [0.1, 0.15) is 6.54 Å². The quantitative estimate of drug-likeness (QED) is 0.855. The molecule has 0 bridgehead atoms. The summed E-state index contributed by atoms with van der Waals surface area (Å²) in [6, 6.07) is 7.35. The molecule has 4 nitrogen and oxygen atoms in total. The van der Waals surface area contributed by atoms with E-state index in [1.54, 1.807) is 17.0 Å². The van der Waals surface area contributed by atoms with Crippen LogP contribution in [0.25, 0.3) is 0 Å². The minimum absolute atomic E-state index is 0.0377. The topological polar surface area (TPSA) is 40.6 Å². The number of rotatable bonds is 4. The van der Waals surface area contributed by atoms with Gasteiger partial charge in [-0.1, -0.05) is 30.7 Å². The zero-order chi connectivity index (χ0) is 16.1. The molecule has 0 spiro atoms. The summed E-state index contributed by atoms with van der Waals surface area (Å²) in [5.41, 5.74) is 0.972. The summed E-state index contributed by atoms with van der Waals surface area (Å²) < 4.78 is 0. The molecule has 1 aromatic rings. The molecular formula is C17H23ClN2O2. The Morgan fingerprint density at radius 2 is 2.00 bits per heavy atom. The van der Waals surface area contributed by atoms with Crippen LogP contribution >= 0.6 is 11.6 Å². The van der Waals surface area contributed by atoms with Crippen molar-refractivity contribution in [1.29, 1.82) is 0 Å². The summed E-state index contributed by atoms with van der Waals surface area (Å²) in [6.07, 6.45) is 2.22. The molecule has 2 amide bonds. The summed E-state index contributed by atoms with van der Waals surface area (Å²) in [6.45, 7) is 5.84. The first-order valence-corrected chi connectivity index (χ1v) is 8.11. The zero-order valence-corrected chi connectivity index (χ0v) is 14.0. The molecule has 1 heterocycles. The second-order valence-electron chi connectivity index (χ2n) is 6.09. The molecule has 120 valence electrons. The van der Waals surface area contributed by atoms with Crippen molar-refractivity contribution in [2.75, 3.05) is 19.6 Å². The lowest BCUT2D eigenvalue weighted by atomic mass is 10.0. The van der Waals surface area contributed by atoms with Crippen LogP contribution in [-0.2, 0) is 16.1 Å². The third kappa shape index (κ3) is 4.73. The average Bonchev–Trinajstić information content (AvgIpc) is 2.48. The summed E-state index contributed by atoms with van der Waals surface area (Å²) in [5, 5.41) is 0.663. The third-order valence-electron chi connectivity index (χ3n) is 4.07. The van der Waals surface area contributed by atoms with Gasteiger partial charge in [0.2, 0.25) is 11.8 Å². The fraction of sp³-hybridized carbons (Fsp3) is 0.529. The lowest BCUT2D eigenvalue weighted by Gasteiger charge is -2.32. The van der Waals surface area contributed by atoms with E-state index in [0.717, 1.165) is 25.1 Å². The molecule has 1 fully saturated rings. The number of carbonyl (C=O) groups is 2. The molecule has 2 rings (SSSR count). The van der Waals surface area contributed by atoms with Crippen LogP contribution in [0, 0.1) is 5.92 Å². The predicted molar refractivity (Wildman–Crippen MR) is 87.5 cm³/mol. The molecule has 1 aliphatic heterocycles. The Kier molecular flexibility index (Phi) is 5.83. The predicted octanol–water partition coefficient (Wildman–Crippen LogP) is 2.95. The number of hydrogen-bond donors (Lipinski definition) is 0. The van der Waals surface area contributed by atoms with Crippen molar-refractivity contribution < 1.29 is 9.59 Å². The van der Waals surface area contributed by atoms with Gasteiger partial charge in [0, 0.05) is 31.6 Å². The summed E-state index contributed by atoms with van der Waals surface area (Å²) in [4.78, 5) is 27.7. The van der Waals surface area contributed by atoms with E-state index in [4.69, 9.17) is 11.6 Å². The lowest BCUT2D eigenvalue weighted by molar-refractivity contribution is -0.140.